The minimum Gasteiger partial charge on any atom is -0.396 e. The van der Waals surface area contributed by atoms with Crippen LogP contribution in [0.5, 0.6) is 0 Å². The van der Waals surface area contributed by atoms with Crippen LogP contribution in [0.2, 0.25) is 0 Å². The van der Waals surface area contributed by atoms with Crippen molar-refractivity contribution in [3.8, 4) is 0 Å². The number of nitrogen functional groups attached to an aromatic ring is 1. The van der Waals surface area contributed by atoms with Crippen molar-refractivity contribution in [2.24, 2.45) is 0 Å². The lowest BCUT2D eigenvalue weighted by Crippen LogP contribution is -2.26. The monoisotopic (exact) mass is 289 g/mol. The largest absolute Gasteiger partial charge is 0.396 e. The standard InChI is InChI=1S/C9H9BrClN3O/c10-5-1-7(12)9(13-3-5)14-4-6(11)2-8(14)15/h1,3,6H,2,4,12H2. The molecular formula is C9H9BrClN3O. The van der Waals surface area contributed by atoms with Crippen LogP contribution in [0.4, 0.5) is 11.5 Å². The predicted octanol–water partition coefficient (Wildman–Crippen LogP) is 1.77. The average molecular weight is 291 g/mol. The second-order valence-corrected chi connectivity index (χ2v) is 4.91. The van der Waals surface area contributed by atoms with Crippen LogP contribution >= 0.6 is 27.5 Å². The van der Waals surface area contributed by atoms with E-state index in [0.717, 1.165) is 4.47 Å². The molecule has 0 aliphatic carbocycles. The number of hydrogen-bond acceptors (Lipinski definition) is 3. The Hall–Kier alpha value is -0.810. The molecule has 0 saturated carbocycles. The zero-order valence-electron chi connectivity index (χ0n) is 7.78. The molecule has 1 aromatic heterocycles. The number of nitrogens with two attached hydrogens (primary N) is 1. The van der Waals surface area contributed by atoms with Crippen molar-refractivity contribution in [2.75, 3.05) is 17.2 Å². The second kappa shape index (κ2) is 3.98. The molecule has 80 valence electrons. The molecule has 1 aromatic rings. The summed E-state index contributed by atoms with van der Waals surface area (Å²) in [5, 5.41) is -0.151. The number of alkyl halides is 1. The second-order valence-electron chi connectivity index (χ2n) is 3.37. The van der Waals surface area contributed by atoms with Gasteiger partial charge >= 0.3 is 0 Å². The highest BCUT2D eigenvalue weighted by molar-refractivity contribution is 9.10. The zero-order valence-corrected chi connectivity index (χ0v) is 10.1. The molecule has 1 aliphatic rings. The minimum atomic E-state index is -0.151. The SMILES string of the molecule is Nc1cc(Br)cnc1N1CC(Cl)CC1=O. The highest BCUT2D eigenvalue weighted by atomic mass is 79.9. The summed E-state index contributed by atoms with van der Waals surface area (Å²) in [4.78, 5) is 17.2. The normalized spacial score (nSPS) is 21.1. The Morgan fingerprint density at radius 1 is 1.67 bits per heavy atom. The quantitative estimate of drug-likeness (QED) is 0.802. The molecule has 0 bridgehead atoms. The first kappa shape index (κ1) is 10.7. The molecule has 2 N–H and O–H groups in total. The van der Waals surface area contributed by atoms with E-state index in [0.29, 0.717) is 24.5 Å². The third-order valence-electron chi connectivity index (χ3n) is 2.20. The summed E-state index contributed by atoms with van der Waals surface area (Å²) < 4.78 is 0.790. The Bertz CT molecular complexity index is 412. The number of anilines is 2. The maximum Gasteiger partial charge on any atom is 0.229 e. The fraction of sp³-hybridized carbons (Fsp3) is 0.333. The van der Waals surface area contributed by atoms with E-state index in [4.69, 9.17) is 17.3 Å². The van der Waals surface area contributed by atoms with Gasteiger partial charge in [0.05, 0.1) is 11.1 Å². The first-order chi connectivity index (χ1) is 7.08. The van der Waals surface area contributed by atoms with E-state index in [1.54, 1.807) is 12.3 Å². The molecule has 1 amide bonds. The van der Waals surface area contributed by atoms with Crippen LogP contribution in [0, 0.1) is 0 Å². The highest BCUT2D eigenvalue weighted by Gasteiger charge is 2.30. The van der Waals surface area contributed by atoms with Crippen molar-refractivity contribution in [3.63, 3.8) is 0 Å². The number of nitrogens with zero attached hydrogens (tertiary/aromatic N) is 2. The van der Waals surface area contributed by atoms with Gasteiger partial charge in [-0.3, -0.25) is 9.69 Å². The van der Waals surface area contributed by atoms with Gasteiger partial charge in [-0.1, -0.05) is 0 Å². The van der Waals surface area contributed by atoms with Gasteiger partial charge in [0.1, 0.15) is 0 Å². The van der Waals surface area contributed by atoms with E-state index >= 15 is 0 Å². The summed E-state index contributed by atoms with van der Waals surface area (Å²) in [5.74, 6) is 0.461. The van der Waals surface area contributed by atoms with Gasteiger partial charge in [0, 0.05) is 23.6 Å². The Kier molecular flexibility index (Phi) is 2.84. The molecule has 1 fully saturated rings. The molecule has 1 unspecified atom stereocenters. The summed E-state index contributed by atoms with van der Waals surface area (Å²) in [5.41, 5.74) is 6.25. The molecule has 6 heteroatoms. The fourth-order valence-corrected chi connectivity index (χ4v) is 2.16. The summed E-state index contributed by atoms with van der Waals surface area (Å²) in [7, 11) is 0. The Morgan fingerprint density at radius 2 is 2.40 bits per heavy atom. The Morgan fingerprint density at radius 3 is 2.93 bits per heavy atom. The first-order valence-electron chi connectivity index (χ1n) is 4.43. The van der Waals surface area contributed by atoms with Crippen LogP contribution in [0.3, 0.4) is 0 Å². The first-order valence-corrected chi connectivity index (χ1v) is 5.66. The molecule has 0 spiro atoms. The van der Waals surface area contributed by atoms with Crippen molar-refractivity contribution < 1.29 is 4.79 Å². The summed E-state index contributed by atoms with van der Waals surface area (Å²) >= 11 is 9.15. The third-order valence-corrected chi connectivity index (χ3v) is 2.92. The molecule has 1 saturated heterocycles. The number of pyridine rings is 1. The molecular weight excluding hydrogens is 281 g/mol. The molecule has 2 heterocycles. The maximum absolute atomic E-state index is 11.6. The van der Waals surface area contributed by atoms with E-state index in [9.17, 15) is 4.79 Å². The summed E-state index contributed by atoms with van der Waals surface area (Å²) in [6.07, 6.45) is 1.96. The molecule has 0 aromatic carbocycles. The van der Waals surface area contributed by atoms with Crippen molar-refractivity contribution in [1.82, 2.24) is 4.98 Å². The third kappa shape index (κ3) is 2.08. The van der Waals surface area contributed by atoms with Gasteiger partial charge in [-0.15, -0.1) is 11.6 Å². The zero-order chi connectivity index (χ0) is 11.0. The van der Waals surface area contributed by atoms with Gasteiger partial charge < -0.3 is 5.73 Å². The maximum atomic E-state index is 11.6. The number of amides is 1. The van der Waals surface area contributed by atoms with Crippen molar-refractivity contribution in [3.05, 3.63) is 16.7 Å². The van der Waals surface area contributed by atoms with Crippen LogP contribution in [0.25, 0.3) is 0 Å². The van der Waals surface area contributed by atoms with Crippen molar-refractivity contribution >= 4 is 44.9 Å². The number of hydrogen-bond donors (Lipinski definition) is 1. The molecule has 4 nitrogen and oxygen atoms in total. The molecule has 2 rings (SSSR count). The smallest absolute Gasteiger partial charge is 0.229 e. The molecule has 15 heavy (non-hydrogen) atoms. The Balaban J connectivity index is 2.34. The number of halogens is 2. The van der Waals surface area contributed by atoms with E-state index in [1.807, 2.05) is 0 Å². The molecule has 1 atom stereocenters. The summed E-state index contributed by atoms with van der Waals surface area (Å²) in [6, 6.07) is 1.72. The minimum absolute atomic E-state index is 0.0310. The molecule has 0 radical (unpaired) electrons. The number of carbonyl (C=O) groups excluding carboxylic acids is 1. The van der Waals surface area contributed by atoms with Crippen LogP contribution in [-0.4, -0.2) is 22.8 Å². The van der Waals surface area contributed by atoms with Gasteiger partial charge in [0.2, 0.25) is 5.91 Å². The van der Waals surface area contributed by atoms with Gasteiger partial charge in [-0.25, -0.2) is 4.98 Å². The number of rotatable bonds is 1. The highest BCUT2D eigenvalue weighted by Crippen LogP contribution is 2.28. The lowest BCUT2D eigenvalue weighted by molar-refractivity contribution is -0.117. The lowest BCUT2D eigenvalue weighted by Gasteiger charge is -2.16. The van der Waals surface area contributed by atoms with E-state index < -0.39 is 0 Å². The van der Waals surface area contributed by atoms with E-state index in [-0.39, 0.29) is 11.3 Å². The number of aromatic nitrogens is 1. The van der Waals surface area contributed by atoms with Crippen molar-refractivity contribution in [1.29, 1.82) is 0 Å². The van der Waals surface area contributed by atoms with Gasteiger partial charge in [-0.2, -0.15) is 0 Å². The van der Waals surface area contributed by atoms with Crippen LogP contribution < -0.4 is 10.6 Å². The number of carbonyl (C=O) groups is 1. The van der Waals surface area contributed by atoms with Crippen LogP contribution in [0.1, 0.15) is 6.42 Å². The Labute approximate surface area is 101 Å². The van der Waals surface area contributed by atoms with Gasteiger partial charge in [0.25, 0.3) is 0 Å². The van der Waals surface area contributed by atoms with Crippen LogP contribution in [0.15, 0.2) is 16.7 Å². The fourth-order valence-electron chi connectivity index (χ4n) is 1.54. The predicted molar refractivity (Wildman–Crippen MR) is 63.0 cm³/mol. The van der Waals surface area contributed by atoms with E-state index in [2.05, 4.69) is 20.9 Å². The molecule has 1 aliphatic heterocycles. The summed E-state index contributed by atoms with van der Waals surface area (Å²) in [6.45, 7) is 0.471. The lowest BCUT2D eigenvalue weighted by atomic mass is 10.3. The topological polar surface area (TPSA) is 59.2 Å². The average Bonchev–Trinajstić information content (AvgIpc) is 2.45. The van der Waals surface area contributed by atoms with E-state index in [1.165, 1.54) is 4.90 Å². The van der Waals surface area contributed by atoms with Crippen LogP contribution in [-0.2, 0) is 4.79 Å². The van der Waals surface area contributed by atoms with Gasteiger partial charge in [0.15, 0.2) is 5.82 Å². The van der Waals surface area contributed by atoms with Gasteiger partial charge in [-0.05, 0) is 22.0 Å². The van der Waals surface area contributed by atoms with Crippen molar-refractivity contribution in [2.45, 2.75) is 11.8 Å².